The first-order valence-corrected chi connectivity index (χ1v) is 4.76. The van der Waals surface area contributed by atoms with Crippen molar-refractivity contribution in [3.05, 3.63) is 45.8 Å². The highest BCUT2D eigenvalue weighted by molar-refractivity contribution is 5.59. The number of rotatable bonds is 2. The van der Waals surface area contributed by atoms with Crippen LogP contribution in [0.4, 0.5) is 5.88 Å². The van der Waals surface area contributed by atoms with E-state index < -0.39 is 4.92 Å². The van der Waals surface area contributed by atoms with Gasteiger partial charge in [0.1, 0.15) is 10.7 Å². The molecule has 0 radical (unpaired) electrons. The van der Waals surface area contributed by atoms with E-state index in [9.17, 15) is 10.1 Å². The van der Waals surface area contributed by atoms with Gasteiger partial charge in [0, 0.05) is 17.0 Å². The molecule has 0 atom stereocenters. The quantitative estimate of drug-likeness (QED) is 0.574. The van der Waals surface area contributed by atoms with Gasteiger partial charge in [-0.05, 0) is 32.0 Å². The maximum absolute atomic E-state index is 10.5. The highest BCUT2D eigenvalue weighted by atomic mass is 16.6. The van der Waals surface area contributed by atoms with E-state index in [1.165, 1.54) is 6.07 Å². The van der Waals surface area contributed by atoms with Gasteiger partial charge in [-0.3, -0.25) is 15.1 Å². The molecule has 0 fully saturated rings. The van der Waals surface area contributed by atoms with Crippen molar-refractivity contribution in [2.75, 3.05) is 0 Å². The Morgan fingerprint density at radius 1 is 1.25 bits per heavy atom. The summed E-state index contributed by atoms with van der Waals surface area (Å²) < 4.78 is 5.11. The van der Waals surface area contributed by atoms with E-state index in [2.05, 4.69) is 4.98 Å². The van der Waals surface area contributed by atoms with Gasteiger partial charge in [0.05, 0.1) is 6.07 Å². The molecule has 0 aromatic carbocycles. The van der Waals surface area contributed by atoms with Gasteiger partial charge in [0.15, 0.2) is 0 Å². The molecule has 82 valence electrons. The van der Waals surface area contributed by atoms with Crippen molar-refractivity contribution in [2.45, 2.75) is 13.8 Å². The Morgan fingerprint density at radius 3 is 2.38 bits per heavy atom. The van der Waals surface area contributed by atoms with Crippen LogP contribution in [-0.4, -0.2) is 9.91 Å². The molecule has 0 N–H and O–H groups in total. The van der Waals surface area contributed by atoms with Crippen molar-refractivity contribution in [3.63, 3.8) is 0 Å². The largest absolute Gasteiger partial charge is 0.433 e. The van der Waals surface area contributed by atoms with Crippen molar-refractivity contribution < 1.29 is 9.34 Å². The molecule has 16 heavy (non-hydrogen) atoms. The summed E-state index contributed by atoms with van der Waals surface area (Å²) in [5, 5.41) is 10.5. The third-order valence-electron chi connectivity index (χ3n) is 2.14. The van der Waals surface area contributed by atoms with E-state index in [4.69, 9.17) is 4.42 Å². The summed E-state index contributed by atoms with van der Waals surface area (Å²) in [6.07, 6.45) is 0. The second-order valence-electron chi connectivity index (χ2n) is 3.53. The topological polar surface area (TPSA) is 69.2 Å². The summed E-state index contributed by atoms with van der Waals surface area (Å²) >= 11 is 0. The Bertz CT molecular complexity index is 526. The number of aromatic nitrogens is 1. The Morgan fingerprint density at radius 2 is 1.88 bits per heavy atom. The molecule has 0 aliphatic carbocycles. The normalized spacial score (nSPS) is 10.4. The minimum atomic E-state index is -0.551. The van der Waals surface area contributed by atoms with Gasteiger partial charge in [-0.2, -0.15) is 0 Å². The van der Waals surface area contributed by atoms with Crippen LogP contribution in [0.25, 0.3) is 11.3 Å². The van der Waals surface area contributed by atoms with Crippen LogP contribution in [0.15, 0.2) is 28.7 Å². The first kappa shape index (κ1) is 10.4. The summed E-state index contributed by atoms with van der Waals surface area (Å²) in [5.41, 5.74) is 2.52. The molecule has 2 heterocycles. The zero-order valence-corrected chi connectivity index (χ0v) is 8.93. The van der Waals surface area contributed by atoms with E-state index in [-0.39, 0.29) is 5.88 Å². The Balaban J connectivity index is 2.46. The van der Waals surface area contributed by atoms with E-state index in [0.29, 0.717) is 5.76 Å². The molecule has 0 spiro atoms. The smallest absolute Gasteiger partial charge is 0.401 e. The maximum atomic E-state index is 10.5. The van der Waals surface area contributed by atoms with Gasteiger partial charge < -0.3 is 4.42 Å². The molecule has 0 unspecified atom stereocenters. The fourth-order valence-corrected chi connectivity index (χ4v) is 1.56. The van der Waals surface area contributed by atoms with Gasteiger partial charge >= 0.3 is 5.88 Å². The predicted molar refractivity (Wildman–Crippen MR) is 58.1 cm³/mol. The lowest BCUT2D eigenvalue weighted by molar-refractivity contribution is -0.401. The number of hydrogen-bond donors (Lipinski definition) is 0. The zero-order valence-electron chi connectivity index (χ0n) is 8.93. The average molecular weight is 218 g/mol. The predicted octanol–water partition coefficient (Wildman–Crippen LogP) is 2.87. The van der Waals surface area contributed by atoms with Gasteiger partial charge in [0.25, 0.3) is 0 Å². The van der Waals surface area contributed by atoms with Gasteiger partial charge in [-0.25, -0.2) is 0 Å². The van der Waals surface area contributed by atoms with Crippen LogP contribution >= 0.6 is 0 Å². The molecule has 0 amide bonds. The zero-order chi connectivity index (χ0) is 11.7. The second kappa shape index (κ2) is 3.77. The van der Waals surface area contributed by atoms with Crippen molar-refractivity contribution in [3.8, 4) is 11.3 Å². The lowest BCUT2D eigenvalue weighted by Crippen LogP contribution is -1.87. The number of nitrogens with zero attached hydrogens (tertiary/aromatic N) is 2. The van der Waals surface area contributed by atoms with Crippen molar-refractivity contribution >= 4 is 5.88 Å². The van der Waals surface area contributed by atoms with Crippen LogP contribution in [0.5, 0.6) is 0 Å². The van der Waals surface area contributed by atoms with E-state index in [1.807, 2.05) is 26.0 Å². The minimum absolute atomic E-state index is 0.248. The SMILES string of the molecule is Cc1cc(-c2ccc([N+](=O)[O-])o2)cc(C)n1. The summed E-state index contributed by atoms with van der Waals surface area (Å²) in [4.78, 5) is 14.2. The summed E-state index contributed by atoms with van der Waals surface area (Å²) in [7, 11) is 0. The molecule has 5 heteroatoms. The van der Waals surface area contributed by atoms with Gasteiger partial charge in [-0.15, -0.1) is 0 Å². The number of furan rings is 1. The highest BCUT2D eigenvalue weighted by Crippen LogP contribution is 2.26. The van der Waals surface area contributed by atoms with Crippen LogP contribution in [0, 0.1) is 24.0 Å². The first-order chi connectivity index (χ1) is 7.56. The lowest BCUT2D eigenvalue weighted by Gasteiger charge is -2.00. The third-order valence-corrected chi connectivity index (χ3v) is 2.14. The van der Waals surface area contributed by atoms with Crippen molar-refractivity contribution in [2.24, 2.45) is 0 Å². The molecule has 2 aromatic rings. The Labute approximate surface area is 91.9 Å². The minimum Gasteiger partial charge on any atom is -0.401 e. The molecular formula is C11H10N2O3. The number of hydrogen-bond acceptors (Lipinski definition) is 4. The van der Waals surface area contributed by atoms with Crippen LogP contribution in [-0.2, 0) is 0 Å². The Hall–Kier alpha value is -2.17. The van der Waals surface area contributed by atoms with Gasteiger partial charge in [-0.1, -0.05) is 0 Å². The summed E-state index contributed by atoms with van der Waals surface area (Å²) in [5.74, 6) is 0.238. The van der Waals surface area contributed by atoms with Crippen molar-refractivity contribution in [1.29, 1.82) is 0 Å². The standard InChI is InChI=1S/C11H10N2O3/c1-7-5-9(6-8(2)12-7)10-3-4-11(16-10)13(14)15/h3-6H,1-2H3. The van der Waals surface area contributed by atoms with Gasteiger partial charge in [0.2, 0.25) is 0 Å². The maximum Gasteiger partial charge on any atom is 0.433 e. The monoisotopic (exact) mass is 218 g/mol. The third kappa shape index (κ3) is 1.93. The van der Waals surface area contributed by atoms with E-state index in [1.54, 1.807) is 6.07 Å². The fourth-order valence-electron chi connectivity index (χ4n) is 1.56. The first-order valence-electron chi connectivity index (χ1n) is 4.76. The summed E-state index contributed by atoms with van der Waals surface area (Å²) in [6, 6.07) is 6.60. The second-order valence-corrected chi connectivity index (χ2v) is 3.53. The Kier molecular flexibility index (Phi) is 2.44. The molecule has 2 aromatic heterocycles. The van der Waals surface area contributed by atoms with Crippen LogP contribution in [0.1, 0.15) is 11.4 Å². The molecule has 0 aliphatic rings. The molecule has 0 bridgehead atoms. The van der Waals surface area contributed by atoms with Crippen molar-refractivity contribution in [1.82, 2.24) is 4.98 Å². The van der Waals surface area contributed by atoms with E-state index >= 15 is 0 Å². The molecule has 2 rings (SSSR count). The molecular weight excluding hydrogens is 208 g/mol. The highest BCUT2D eigenvalue weighted by Gasteiger charge is 2.13. The molecule has 0 aliphatic heterocycles. The summed E-state index contributed by atoms with van der Waals surface area (Å²) in [6.45, 7) is 3.74. The van der Waals surface area contributed by atoms with Crippen LogP contribution in [0.2, 0.25) is 0 Å². The fraction of sp³-hybridized carbons (Fsp3) is 0.182. The van der Waals surface area contributed by atoms with Crippen LogP contribution < -0.4 is 0 Å². The molecule has 5 nitrogen and oxygen atoms in total. The lowest BCUT2D eigenvalue weighted by atomic mass is 10.1. The number of nitro groups is 1. The number of aryl methyl sites for hydroxylation is 2. The van der Waals surface area contributed by atoms with Crippen LogP contribution in [0.3, 0.4) is 0 Å². The molecule has 0 saturated carbocycles. The average Bonchev–Trinajstić information content (AvgIpc) is 2.64. The van der Waals surface area contributed by atoms with E-state index in [0.717, 1.165) is 17.0 Å². The number of pyridine rings is 1. The molecule has 0 saturated heterocycles.